The summed E-state index contributed by atoms with van der Waals surface area (Å²) in [4.78, 5) is 2.67. The topological polar surface area (TPSA) is 54.2 Å². The van der Waals surface area contributed by atoms with Crippen molar-refractivity contribution in [3.63, 3.8) is 0 Å². The standard InChI is InChI=1S/C14H24N4OS/c1-11(19)14-10-18(16-15-14)13-2-6-17(7-3-13)12-4-8-20-9-5-12/h10-13,19H,2-9H2,1H3. The molecule has 2 saturated heterocycles. The normalized spacial score (nSPS) is 24.9. The maximum absolute atomic E-state index is 9.52. The van der Waals surface area contributed by atoms with Crippen LogP contribution >= 0.6 is 11.8 Å². The van der Waals surface area contributed by atoms with Crippen LogP contribution in [-0.2, 0) is 0 Å². The Bertz CT molecular complexity index is 423. The maximum atomic E-state index is 9.52. The van der Waals surface area contributed by atoms with Crippen molar-refractivity contribution < 1.29 is 5.11 Å². The predicted molar refractivity (Wildman–Crippen MR) is 80.8 cm³/mol. The molecule has 1 aromatic heterocycles. The van der Waals surface area contributed by atoms with E-state index in [2.05, 4.69) is 27.0 Å². The minimum Gasteiger partial charge on any atom is -0.387 e. The smallest absolute Gasteiger partial charge is 0.111 e. The average Bonchev–Trinajstić information content (AvgIpc) is 2.98. The SMILES string of the molecule is CC(O)c1cn(C2CCN(C3CCSCC3)CC2)nn1. The van der Waals surface area contributed by atoms with Gasteiger partial charge in [-0.1, -0.05) is 5.21 Å². The van der Waals surface area contributed by atoms with Crippen molar-refractivity contribution in [2.24, 2.45) is 0 Å². The maximum Gasteiger partial charge on any atom is 0.111 e. The fraction of sp³-hybridized carbons (Fsp3) is 0.857. The highest BCUT2D eigenvalue weighted by molar-refractivity contribution is 7.99. The highest BCUT2D eigenvalue weighted by Gasteiger charge is 2.27. The Kier molecular flexibility index (Phi) is 4.63. The van der Waals surface area contributed by atoms with Crippen LogP contribution in [0.25, 0.3) is 0 Å². The molecular weight excluding hydrogens is 272 g/mol. The molecule has 1 N–H and O–H groups in total. The molecule has 2 aliphatic heterocycles. The highest BCUT2D eigenvalue weighted by atomic mass is 32.2. The van der Waals surface area contributed by atoms with Gasteiger partial charge >= 0.3 is 0 Å². The second kappa shape index (κ2) is 6.45. The summed E-state index contributed by atoms with van der Waals surface area (Å²) in [5, 5.41) is 17.8. The lowest BCUT2D eigenvalue weighted by molar-refractivity contribution is 0.123. The van der Waals surface area contributed by atoms with E-state index in [0.717, 1.165) is 18.9 Å². The first-order chi connectivity index (χ1) is 9.74. The van der Waals surface area contributed by atoms with Gasteiger partial charge in [0.25, 0.3) is 0 Å². The van der Waals surface area contributed by atoms with E-state index in [4.69, 9.17) is 0 Å². The zero-order chi connectivity index (χ0) is 13.9. The van der Waals surface area contributed by atoms with Crippen molar-refractivity contribution in [1.29, 1.82) is 0 Å². The highest BCUT2D eigenvalue weighted by Crippen LogP contribution is 2.28. The van der Waals surface area contributed by atoms with Gasteiger partial charge < -0.3 is 10.0 Å². The zero-order valence-corrected chi connectivity index (χ0v) is 12.9. The molecule has 5 nitrogen and oxygen atoms in total. The van der Waals surface area contributed by atoms with Crippen LogP contribution in [0.4, 0.5) is 0 Å². The van der Waals surface area contributed by atoms with Crippen LogP contribution in [0.5, 0.6) is 0 Å². The summed E-state index contributed by atoms with van der Waals surface area (Å²) >= 11 is 2.09. The molecule has 0 aliphatic carbocycles. The Morgan fingerprint density at radius 1 is 1.20 bits per heavy atom. The van der Waals surface area contributed by atoms with E-state index in [1.165, 1.54) is 37.4 Å². The molecule has 0 spiro atoms. The summed E-state index contributed by atoms with van der Waals surface area (Å²) in [5.41, 5.74) is 0.678. The van der Waals surface area contributed by atoms with Gasteiger partial charge in [0, 0.05) is 19.1 Å². The fourth-order valence-corrected chi connectivity index (χ4v) is 4.31. The molecular formula is C14H24N4OS. The van der Waals surface area contributed by atoms with E-state index in [9.17, 15) is 5.11 Å². The fourth-order valence-electron chi connectivity index (χ4n) is 3.23. The second-order valence-corrected chi connectivity index (χ2v) is 7.13. The molecule has 0 aromatic carbocycles. The summed E-state index contributed by atoms with van der Waals surface area (Å²) in [6.45, 7) is 4.08. The number of aliphatic hydroxyl groups excluding tert-OH is 1. The van der Waals surface area contributed by atoms with E-state index < -0.39 is 6.10 Å². The molecule has 2 fully saturated rings. The van der Waals surface area contributed by atoms with Crippen molar-refractivity contribution in [2.75, 3.05) is 24.6 Å². The van der Waals surface area contributed by atoms with Crippen LogP contribution in [-0.4, -0.2) is 55.6 Å². The lowest BCUT2D eigenvalue weighted by Crippen LogP contribution is -2.43. The van der Waals surface area contributed by atoms with Crippen LogP contribution in [0.1, 0.15) is 50.4 Å². The largest absolute Gasteiger partial charge is 0.387 e. The summed E-state index contributed by atoms with van der Waals surface area (Å²) in [6.07, 6.45) is 6.37. The number of rotatable bonds is 3. The van der Waals surface area contributed by atoms with E-state index >= 15 is 0 Å². The molecule has 2 aliphatic rings. The summed E-state index contributed by atoms with van der Waals surface area (Å²) in [5.74, 6) is 2.65. The van der Waals surface area contributed by atoms with Gasteiger partial charge in [0.05, 0.1) is 18.3 Å². The number of aromatic nitrogens is 3. The third-order valence-electron chi connectivity index (χ3n) is 4.54. The van der Waals surface area contributed by atoms with Gasteiger partial charge in [-0.2, -0.15) is 11.8 Å². The first-order valence-electron chi connectivity index (χ1n) is 7.65. The van der Waals surface area contributed by atoms with Gasteiger partial charge in [0.15, 0.2) is 0 Å². The van der Waals surface area contributed by atoms with Gasteiger partial charge in [-0.05, 0) is 44.1 Å². The van der Waals surface area contributed by atoms with Crippen molar-refractivity contribution >= 4 is 11.8 Å². The van der Waals surface area contributed by atoms with Gasteiger partial charge in [-0.3, -0.25) is 0 Å². The Balaban J connectivity index is 1.54. The third kappa shape index (κ3) is 3.18. The average molecular weight is 296 g/mol. The number of thioether (sulfide) groups is 1. The minimum absolute atomic E-state index is 0.448. The molecule has 20 heavy (non-hydrogen) atoms. The Morgan fingerprint density at radius 3 is 2.50 bits per heavy atom. The first-order valence-corrected chi connectivity index (χ1v) is 8.81. The van der Waals surface area contributed by atoms with Crippen molar-refractivity contribution in [3.8, 4) is 0 Å². The molecule has 0 bridgehead atoms. The van der Waals surface area contributed by atoms with E-state index in [1.807, 2.05) is 10.9 Å². The van der Waals surface area contributed by atoms with Crippen LogP contribution in [0.2, 0.25) is 0 Å². The van der Waals surface area contributed by atoms with Crippen molar-refractivity contribution in [1.82, 2.24) is 19.9 Å². The molecule has 0 radical (unpaired) electrons. The molecule has 112 valence electrons. The number of hydrogen-bond acceptors (Lipinski definition) is 5. The third-order valence-corrected chi connectivity index (χ3v) is 5.59. The molecule has 1 aromatic rings. The lowest BCUT2D eigenvalue weighted by Gasteiger charge is -2.39. The molecule has 6 heteroatoms. The number of likely N-dealkylation sites (tertiary alicyclic amines) is 1. The van der Waals surface area contributed by atoms with Crippen molar-refractivity contribution in [2.45, 2.75) is 50.8 Å². The minimum atomic E-state index is -0.524. The van der Waals surface area contributed by atoms with Crippen LogP contribution in [0, 0.1) is 0 Å². The van der Waals surface area contributed by atoms with E-state index in [0.29, 0.717) is 11.7 Å². The predicted octanol–water partition coefficient (Wildman–Crippen LogP) is 1.86. The van der Waals surface area contributed by atoms with Gasteiger partial charge in [-0.25, -0.2) is 4.68 Å². The Hall–Kier alpha value is -0.590. The number of piperidine rings is 1. The van der Waals surface area contributed by atoms with Gasteiger partial charge in [0.1, 0.15) is 5.69 Å². The number of hydrogen-bond donors (Lipinski definition) is 1. The van der Waals surface area contributed by atoms with Crippen LogP contribution in [0.15, 0.2) is 6.20 Å². The second-order valence-electron chi connectivity index (χ2n) is 5.91. The van der Waals surface area contributed by atoms with E-state index in [-0.39, 0.29) is 0 Å². The first kappa shape index (κ1) is 14.4. The molecule has 3 rings (SSSR count). The van der Waals surface area contributed by atoms with E-state index in [1.54, 1.807) is 6.92 Å². The lowest BCUT2D eigenvalue weighted by atomic mass is 10.0. The Morgan fingerprint density at radius 2 is 1.90 bits per heavy atom. The zero-order valence-electron chi connectivity index (χ0n) is 12.1. The molecule has 3 heterocycles. The Labute approximate surface area is 124 Å². The summed E-state index contributed by atoms with van der Waals surface area (Å²) in [7, 11) is 0. The van der Waals surface area contributed by atoms with Crippen LogP contribution in [0.3, 0.4) is 0 Å². The van der Waals surface area contributed by atoms with Gasteiger partial charge in [0.2, 0.25) is 0 Å². The molecule has 1 unspecified atom stereocenters. The molecule has 0 amide bonds. The summed E-state index contributed by atoms with van der Waals surface area (Å²) < 4.78 is 1.95. The monoisotopic (exact) mass is 296 g/mol. The number of nitrogens with zero attached hydrogens (tertiary/aromatic N) is 4. The van der Waals surface area contributed by atoms with Crippen molar-refractivity contribution in [3.05, 3.63) is 11.9 Å². The van der Waals surface area contributed by atoms with Crippen LogP contribution < -0.4 is 0 Å². The summed E-state index contributed by atoms with van der Waals surface area (Å²) in [6, 6.07) is 1.25. The van der Waals surface area contributed by atoms with Gasteiger partial charge in [-0.15, -0.1) is 5.10 Å². The molecule has 0 saturated carbocycles. The quantitative estimate of drug-likeness (QED) is 0.923. The molecule has 1 atom stereocenters. The number of aliphatic hydroxyl groups is 1.